The summed E-state index contributed by atoms with van der Waals surface area (Å²) >= 11 is 1.50. The third-order valence-electron chi connectivity index (χ3n) is 3.20. The van der Waals surface area contributed by atoms with Gasteiger partial charge >= 0.3 is 11.9 Å². The van der Waals surface area contributed by atoms with Gasteiger partial charge in [0.05, 0.1) is 7.11 Å². The second-order valence-electron chi connectivity index (χ2n) is 5.10. The van der Waals surface area contributed by atoms with Crippen LogP contribution in [0.1, 0.15) is 13.8 Å². The molecule has 0 amide bonds. The van der Waals surface area contributed by atoms with Gasteiger partial charge in [-0.1, -0.05) is 11.8 Å². The molecule has 0 N–H and O–H groups in total. The molecule has 7 heteroatoms. The highest BCUT2D eigenvalue weighted by atomic mass is 32.2. The summed E-state index contributed by atoms with van der Waals surface area (Å²) in [5.74, 6) is -0.0430. The van der Waals surface area contributed by atoms with Crippen molar-refractivity contribution >= 4 is 23.7 Å². The Balaban J connectivity index is 2.02. The maximum Gasteiger partial charge on any atom is 0.303 e. The van der Waals surface area contributed by atoms with E-state index >= 15 is 0 Å². The Morgan fingerprint density at radius 3 is 2.42 bits per heavy atom. The molecule has 1 heterocycles. The van der Waals surface area contributed by atoms with Crippen LogP contribution in [-0.2, 0) is 23.8 Å². The van der Waals surface area contributed by atoms with Gasteiger partial charge in [-0.05, 0) is 36.4 Å². The van der Waals surface area contributed by atoms with E-state index in [1.165, 1.54) is 25.6 Å². The highest BCUT2D eigenvalue weighted by Gasteiger charge is 2.31. The van der Waals surface area contributed by atoms with Crippen molar-refractivity contribution in [3.63, 3.8) is 0 Å². The van der Waals surface area contributed by atoms with Crippen LogP contribution in [0.15, 0.2) is 41.3 Å². The Bertz CT molecular complexity index is 598. The van der Waals surface area contributed by atoms with Gasteiger partial charge in [0, 0.05) is 18.7 Å². The van der Waals surface area contributed by atoms with Crippen molar-refractivity contribution in [3.8, 4) is 5.75 Å². The van der Waals surface area contributed by atoms with Crippen LogP contribution in [0.2, 0.25) is 0 Å². The average Bonchev–Trinajstić information content (AvgIpc) is 2.55. The quantitative estimate of drug-likeness (QED) is 0.575. The fourth-order valence-electron chi connectivity index (χ4n) is 2.12. The van der Waals surface area contributed by atoms with Crippen LogP contribution in [0.4, 0.5) is 0 Å². The number of ether oxygens (including phenoxy) is 4. The monoisotopic (exact) mass is 352 g/mol. The number of hydrogen-bond donors (Lipinski definition) is 0. The van der Waals surface area contributed by atoms with E-state index in [9.17, 15) is 9.59 Å². The number of thioether (sulfide) groups is 1. The smallest absolute Gasteiger partial charge is 0.303 e. The van der Waals surface area contributed by atoms with E-state index in [0.717, 1.165) is 10.6 Å². The van der Waals surface area contributed by atoms with Crippen molar-refractivity contribution in [1.82, 2.24) is 0 Å². The molecule has 0 aromatic heterocycles. The molecule has 0 radical (unpaired) electrons. The minimum atomic E-state index is -0.574. The van der Waals surface area contributed by atoms with Gasteiger partial charge in [-0.25, -0.2) is 0 Å². The van der Waals surface area contributed by atoms with Crippen molar-refractivity contribution in [2.45, 2.75) is 36.4 Å². The first-order valence-electron chi connectivity index (χ1n) is 7.43. The van der Waals surface area contributed by atoms with E-state index in [2.05, 4.69) is 0 Å². The number of carbonyl (C=O) groups excluding carboxylic acids is 2. The van der Waals surface area contributed by atoms with Gasteiger partial charge in [-0.2, -0.15) is 0 Å². The van der Waals surface area contributed by atoms with Crippen LogP contribution in [-0.4, -0.2) is 43.3 Å². The number of benzene rings is 1. The summed E-state index contributed by atoms with van der Waals surface area (Å²) in [5, 5.41) is 0. The van der Waals surface area contributed by atoms with Crippen molar-refractivity contribution in [2.75, 3.05) is 13.7 Å². The van der Waals surface area contributed by atoms with Gasteiger partial charge in [0.25, 0.3) is 0 Å². The number of esters is 2. The van der Waals surface area contributed by atoms with Crippen LogP contribution in [0.25, 0.3) is 0 Å². The first-order valence-corrected chi connectivity index (χ1v) is 8.31. The zero-order valence-corrected chi connectivity index (χ0v) is 14.6. The molecular weight excluding hydrogens is 332 g/mol. The topological polar surface area (TPSA) is 71.1 Å². The Labute approximate surface area is 145 Å². The summed E-state index contributed by atoms with van der Waals surface area (Å²) in [6.45, 7) is 2.68. The molecule has 0 bridgehead atoms. The van der Waals surface area contributed by atoms with E-state index in [1.807, 2.05) is 30.3 Å². The molecular formula is C17H20O6S. The molecule has 0 spiro atoms. The third-order valence-corrected chi connectivity index (χ3v) is 4.24. The predicted molar refractivity (Wildman–Crippen MR) is 88.8 cm³/mol. The first kappa shape index (κ1) is 18.4. The Morgan fingerprint density at radius 1 is 1.12 bits per heavy atom. The summed E-state index contributed by atoms with van der Waals surface area (Å²) < 4.78 is 21.2. The van der Waals surface area contributed by atoms with Crippen LogP contribution in [0.3, 0.4) is 0 Å². The fourth-order valence-corrected chi connectivity index (χ4v) is 3.04. The van der Waals surface area contributed by atoms with E-state index in [4.69, 9.17) is 18.9 Å². The van der Waals surface area contributed by atoms with Gasteiger partial charge < -0.3 is 18.9 Å². The molecule has 0 unspecified atom stereocenters. The van der Waals surface area contributed by atoms with Gasteiger partial charge in [-0.3, -0.25) is 9.59 Å². The molecule has 0 aliphatic carbocycles. The number of hydrogen-bond acceptors (Lipinski definition) is 7. The summed E-state index contributed by atoms with van der Waals surface area (Å²) in [5.41, 5.74) is -0.272. The molecule has 24 heavy (non-hydrogen) atoms. The van der Waals surface area contributed by atoms with E-state index in [-0.39, 0.29) is 12.0 Å². The van der Waals surface area contributed by atoms with Crippen LogP contribution in [0, 0.1) is 0 Å². The number of methoxy groups -OCH3 is 1. The summed E-state index contributed by atoms with van der Waals surface area (Å²) in [6.07, 6.45) is 2.47. The standard InChI is InChI=1S/C17H20O6S/c1-11(18)21-10-16-15(22-12(2)19)8-9-17(23-16)24-14-6-4-13(20-3)5-7-14/h4-9,15-17H,10H2,1-3H3/t15-,16+,17+/m0/s1. The average molecular weight is 352 g/mol. The maximum absolute atomic E-state index is 11.2. The normalized spacial score (nSPS) is 22.7. The SMILES string of the molecule is COc1ccc(S[C@@H]2C=C[C@H](OC(C)=O)[C@@H](COC(C)=O)O2)cc1. The largest absolute Gasteiger partial charge is 0.497 e. The molecule has 0 fully saturated rings. The van der Waals surface area contributed by atoms with Crippen molar-refractivity contribution in [1.29, 1.82) is 0 Å². The molecule has 1 aromatic rings. The molecule has 1 aliphatic heterocycles. The van der Waals surface area contributed by atoms with E-state index < -0.39 is 24.1 Å². The minimum Gasteiger partial charge on any atom is -0.497 e. The molecule has 1 aliphatic rings. The second-order valence-corrected chi connectivity index (χ2v) is 6.27. The van der Waals surface area contributed by atoms with Crippen molar-refractivity contribution in [2.24, 2.45) is 0 Å². The van der Waals surface area contributed by atoms with Gasteiger partial charge in [-0.15, -0.1) is 0 Å². The lowest BCUT2D eigenvalue weighted by molar-refractivity contribution is -0.160. The molecule has 1 aromatic carbocycles. The minimum absolute atomic E-state index is 0.0251. The maximum atomic E-state index is 11.2. The molecule has 6 nitrogen and oxygen atoms in total. The Morgan fingerprint density at radius 2 is 1.83 bits per heavy atom. The first-order chi connectivity index (χ1) is 11.5. The zero-order valence-electron chi connectivity index (χ0n) is 13.8. The number of carbonyl (C=O) groups is 2. The van der Waals surface area contributed by atoms with Gasteiger partial charge in [0.1, 0.15) is 30.0 Å². The van der Waals surface area contributed by atoms with Crippen LogP contribution < -0.4 is 4.74 Å². The lowest BCUT2D eigenvalue weighted by Gasteiger charge is -2.31. The van der Waals surface area contributed by atoms with Crippen LogP contribution in [0.5, 0.6) is 5.75 Å². The van der Waals surface area contributed by atoms with Crippen molar-refractivity contribution < 1.29 is 28.5 Å². The molecule has 0 saturated carbocycles. The van der Waals surface area contributed by atoms with Crippen LogP contribution >= 0.6 is 11.8 Å². The fraction of sp³-hybridized carbons (Fsp3) is 0.412. The third kappa shape index (κ3) is 5.58. The van der Waals surface area contributed by atoms with Gasteiger partial charge in [0.2, 0.25) is 0 Å². The Hall–Kier alpha value is -1.99. The van der Waals surface area contributed by atoms with Gasteiger partial charge in [0.15, 0.2) is 0 Å². The zero-order chi connectivity index (χ0) is 17.5. The second kappa shape index (κ2) is 8.75. The lowest BCUT2D eigenvalue weighted by atomic mass is 10.1. The summed E-state index contributed by atoms with van der Waals surface area (Å²) in [6, 6.07) is 7.60. The highest BCUT2D eigenvalue weighted by molar-refractivity contribution is 8.00. The lowest BCUT2D eigenvalue weighted by Crippen LogP contribution is -2.40. The number of rotatable bonds is 6. The van der Waals surface area contributed by atoms with E-state index in [1.54, 1.807) is 13.2 Å². The summed E-state index contributed by atoms with van der Waals surface area (Å²) in [4.78, 5) is 23.2. The van der Waals surface area contributed by atoms with E-state index in [0.29, 0.717) is 0 Å². The molecule has 2 rings (SSSR count). The molecule has 3 atom stereocenters. The molecule has 130 valence electrons. The predicted octanol–water partition coefficient (Wildman–Crippen LogP) is 2.56. The molecule has 0 saturated heterocycles. The Kier molecular flexibility index (Phi) is 6.69. The highest BCUT2D eigenvalue weighted by Crippen LogP contribution is 2.31. The van der Waals surface area contributed by atoms with Crippen molar-refractivity contribution in [3.05, 3.63) is 36.4 Å². The summed E-state index contributed by atoms with van der Waals surface area (Å²) in [7, 11) is 1.61.